The summed E-state index contributed by atoms with van der Waals surface area (Å²) >= 11 is 1.72. The first-order valence-corrected chi connectivity index (χ1v) is 11.0. The van der Waals surface area contributed by atoms with E-state index in [1.165, 1.54) is 0 Å². The highest BCUT2D eigenvalue weighted by atomic mass is 32.1. The summed E-state index contributed by atoms with van der Waals surface area (Å²) in [5.74, 6) is -0.394. The highest BCUT2D eigenvalue weighted by molar-refractivity contribution is 7.22. The quantitative estimate of drug-likeness (QED) is 0.421. The van der Waals surface area contributed by atoms with Crippen LogP contribution in [0.5, 0.6) is 0 Å². The number of rotatable bonds is 6. The van der Waals surface area contributed by atoms with Crippen molar-refractivity contribution < 1.29 is 9.53 Å². The topological polar surface area (TPSA) is 60.3 Å². The molecule has 0 radical (unpaired) electrons. The fourth-order valence-corrected chi connectivity index (χ4v) is 4.63. The number of aromatic nitrogens is 3. The SMILES string of the molecule is C=C(C)c1cc(Cn2nc(C(=O)OCC)cc2C)c2nc(N3CC=CCC3)sc2c1. The van der Waals surface area contributed by atoms with Crippen LogP contribution in [-0.4, -0.2) is 40.4 Å². The normalized spacial score (nSPS) is 13.8. The zero-order chi connectivity index (χ0) is 21.3. The summed E-state index contributed by atoms with van der Waals surface area (Å²) in [6.07, 6.45) is 5.46. The van der Waals surface area contributed by atoms with Gasteiger partial charge in [-0.25, -0.2) is 9.78 Å². The van der Waals surface area contributed by atoms with E-state index in [-0.39, 0.29) is 0 Å². The molecule has 4 rings (SSSR count). The van der Waals surface area contributed by atoms with Gasteiger partial charge in [-0.15, -0.1) is 0 Å². The van der Waals surface area contributed by atoms with Crippen LogP contribution in [0.15, 0.2) is 36.9 Å². The maximum absolute atomic E-state index is 12.1. The standard InChI is InChI=1S/C23H26N4O2S/c1-5-29-22(28)19-11-16(4)27(25-19)14-18-12-17(15(2)3)13-20-21(18)24-23(30-20)26-9-7-6-8-10-26/h6-7,11-13H,2,5,8-10,14H2,1,3-4H3. The molecule has 0 saturated carbocycles. The molecule has 3 aromatic rings. The van der Waals surface area contributed by atoms with Crippen LogP contribution < -0.4 is 4.90 Å². The molecule has 0 fully saturated rings. The Bertz CT molecular complexity index is 1140. The lowest BCUT2D eigenvalue weighted by molar-refractivity contribution is 0.0518. The number of benzene rings is 1. The van der Waals surface area contributed by atoms with Crippen LogP contribution in [0.1, 0.15) is 47.6 Å². The van der Waals surface area contributed by atoms with Crippen LogP contribution in [-0.2, 0) is 11.3 Å². The van der Waals surface area contributed by atoms with Gasteiger partial charge in [0.15, 0.2) is 10.8 Å². The molecule has 0 aliphatic carbocycles. The van der Waals surface area contributed by atoms with Gasteiger partial charge in [-0.2, -0.15) is 5.10 Å². The molecule has 3 heterocycles. The van der Waals surface area contributed by atoms with E-state index < -0.39 is 5.97 Å². The zero-order valence-electron chi connectivity index (χ0n) is 17.6. The number of aryl methyl sites for hydroxylation is 1. The van der Waals surface area contributed by atoms with Crippen LogP contribution >= 0.6 is 11.3 Å². The van der Waals surface area contributed by atoms with E-state index in [2.05, 4.69) is 40.9 Å². The molecule has 0 bridgehead atoms. The third kappa shape index (κ3) is 4.03. The number of ether oxygens (including phenoxy) is 1. The Balaban J connectivity index is 1.73. The summed E-state index contributed by atoms with van der Waals surface area (Å²) in [5.41, 5.74) is 5.41. The van der Waals surface area contributed by atoms with Gasteiger partial charge in [0.1, 0.15) is 0 Å². The number of carbonyl (C=O) groups excluding carboxylic acids is 1. The summed E-state index contributed by atoms with van der Waals surface area (Å²) in [7, 11) is 0. The minimum Gasteiger partial charge on any atom is -0.461 e. The summed E-state index contributed by atoms with van der Waals surface area (Å²) < 4.78 is 8.07. The van der Waals surface area contributed by atoms with Gasteiger partial charge in [-0.3, -0.25) is 4.68 Å². The predicted octanol–water partition coefficient (Wildman–Crippen LogP) is 4.83. The lowest BCUT2D eigenvalue weighted by Crippen LogP contribution is -2.26. The lowest BCUT2D eigenvalue weighted by atomic mass is 10.0. The van der Waals surface area contributed by atoms with Crippen LogP contribution in [0.3, 0.4) is 0 Å². The van der Waals surface area contributed by atoms with Crippen LogP contribution in [0.2, 0.25) is 0 Å². The van der Waals surface area contributed by atoms with Crippen molar-refractivity contribution in [2.75, 3.05) is 24.6 Å². The molecule has 30 heavy (non-hydrogen) atoms. The average molecular weight is 423 g/mol. The molecule has 1 aliphatic heterocycles. The minimum atomic E-state index is -0.394. The summed E-state index contributed by atoms with van der Waals surface area (Å²) in [6, 6.07) is 6.07. The number of fused-ring (bicyclic) bond motifs is 1. The van der Waals surface area contributed by atoms with Gasteiger partial charge in [-0.1, -0.05) is 35.6 Å². The van der Waals surface area contributed by atoms with Crippen molar-refractivity contribution in [3.05, 3.63) is 59.4 Å². The third-order valence-electron chi connectivity index (χ3n) is 5.17. The molecule has 0 spiro atoms. The number of esters is 1. The van der Waals surface area contributed by atoms with Crippen LogP contribution in [0, 0.1) is 6.92 Å². The Labute approximate surface area is 180 Å². The van der Waals surface area contributed by atoms with E-state index in [1.54, 1.807) is 24.3 Å². The molecule has 1 aliphatic rings. The molecule has 2 aromatic heterocycles. The second kappa shape index (κ2) is 8.44. The van der Waals surface area contributed by atoms with Crippen molar-refractivity contribution in [2.45, 2.75) is 33.7 Å². The molecule has 0 saturated heterocycles. The van der Waals surface area contributed by atoms with E-state index in [1.807, 2.05) is 18.5 Å². The number of thiazole rings is 1. The Hall–Kier alpha value is -2.93. The van der Waals surface area contributed by atoms with Gasteiger partial charge in [0.25, 0.3) is 0 Å². The first-order valence-electron chi connectivity index (χ1n) is 10.2. The molecule has 6 nitrogen and oxygen atoms in total. The van der Waals surface area contributed by atoms with E-state index in [0.29, 0.717) is 18.8 Å². The monoisotopic (exact) mass is 422 g/mol. The molecule has 7 heteroatoms. The first kappa shape index (κ1) is 20.3. The van der Waals surface area contributed by atoms with E-state index >= 15 is 0 Å². The van der Waals surface area contributed by atoms with Gasteiger partial charge in [0.2, 0.25) is 0 Å². The Kier molecular flexibility index (Phi) is 5.72. The van der Waals surface area contributed by atoms with Crippen molar-refractivity contribution in [2.24, 2.45) is 0 Å². The third-order valence-corrected chi connectivity index (χ3v) is 6.23. The molecular formula is C23H26N4O2S. The molecule has 0 unspecified atom stereocenters. The van der Waals surface area contributed by atoms with Gasteiger partial charge in [0.05, 0.1) is 23.4 Å². The fraction of sp³-hybridized carbons (Fsp3) is 0.348. The molecule has 0 amide bonds. The minimum absolute atomic E-state index is 0.333. The van der Waals surface area contributed by atoms with E-state index in [9.17, 15) is 4.79 Å². The number of allylic oxidation sites excluding steroid dienone is 1. The Morgan fingerprint density at radius 3 is 2.83 bits per heavy atom. The number of hydrogen-bond acceptors (Lipinski definition) is 6. The van der Waals surface area contributed by atoms with Crippen LogP contribution in [0.25, 0.3) is 15.8 Å². The van der Waals surface area contributed by atoms with Crippen molar-refractivity contribution in [1.29, 1.82) is 0 Å². The van der Waals surface area contributed by atoms with Gasteiger partial charge in [0, 0.05) is 24.3 Å². The highest BCUT2D eigenvalue weighted by Crippen LogP contribution is 2.34. The van der Waals surface area contributed by atoms with Crippen molar-refractivity contribution in [3.8, 4) is 0 Å². The Morgan fingerprint density at radius 1 is 1.30 bits per heavy atom. The Morgan fingerprint density at radius 2 is 2.13 bits per heavy atom. The lowest BCUT2D eigenvalue weighted by Gasteiger charge is -2.22. The zero-order valence-corrected chi connectivity index (χ0v) is 18.5. The maximum Gasteiger partial charge on any atom is 0.358 e. The number of hydrogen-bond donors (Lipinski definition) is 0. The molecular weight excluding hydrogens is 396 g/mol. The molecule has 156 valence electrons. The second-order valence-electron chi connectivity index (χ2n) is 7.51. The van der Waals surface area contributed by atoms with Crippen molar-refractivity contribution >= 4 is 38.2 Å². The summed E-state index contributed by atoms with van der Waals surface area (Å²) in [5, 5.41) is 5.52. The average Bonchev–Trinajstić information content (AvgIpc) is 3.33. The van der Waals surface area contributed by atoms with Gasteiger partial charge < -0.3 is 9.64 Å². The van der Waals surface area contributed by atoms with E-state index in [0.717, 1.165) is 57.3 Å². The largest absolute Gasteiger partial charge is 0.461 e. The number of anilines is 1. The summed E-state index contributed by atoms with van der Waals surface area (Å²) in [6.45, 7) is 12.6. The highest BCUT2D eigenvalue weighted by Gasteiger charge is 2.18. The van der Waals surface area contributed by atoms with Gasteiger partial charge in [-0.05, 0) is 51.0 Å². The summed E-state index contributed by atoms with van der Waals surface area (Å²) in [4.78, 5) is 19.4. The van der Waals surface area contributed by atoms with Crippen LogP contribution in [0.4, 0.5) is 5.13 Å². The number of nitrogens with zero attached hydrogens (tertiary/aromatic N) is 4. The van der Waals surface area contributed by atoms with Gasteiger partial charge >= 0.3 is 5.97 Å². The maximum atomic E-state index is 12.1. The van der Waals surface area contributed by atoms with E-state index in [4.69, 9.17) is 9.72 Å². The molecule has 0 atom stereocenters. The number of carbonyl (C=O) groups is 1. The predicted molar refractivity (Wildman–Crippen MR) is 122 cm³/mol. The molecule has 0 N–H and O–H groups in total. The fourth-order valence-electron chi connectivity index (χ4n) is 3.54. The first-order chi connectivity index (χ1) is 14.5. The molecule has 1 aromatic carbocycles. The smallest absolute Gasteiger partial charge is 0.358 e. The van der Waals surface area contributed by atoms with Crippen molar-refractivity contribution in [1.82, 2.24) is 14.8 Å². The second-order valence-corrected chi connectivity index (χ2v) is 8.52. The van der Waals surface area contributed by atoms with Crippen molar-refractivity contribution in [3.63, 3.8) is 0 Å².